The van der Waals surface area contributed by atoms with Crippen molar-refractivity contribution in [2.45, 2.75) is 19.8 Å². The van der Waals surface area contributed by atoms with E-state index in [2.05, 4.69) is 29.0 Å². The van der Waals surface area contributed by atoms with Gasteiger partial charge < -0.3 is 15.0 Å². The zero-order chi connectivity index (χ0) is 16.9. The zero-order valence-corrected chi connectivity index (χ0v) is 14.2. The van der Waals surface area contributed by atoms with Crippen LogP contribution in [0.5, 0.6) is 0 Å². The average molecular weight is 325 g/mol. The van der Waals surface area contributed by atoms with Crippen molar-refractivity contribution in [3.05, 3.63) is 53.7 Å². The number of amides is 1. The van der Waals surface area contributed by atoms with Gasteiger partial charge in [-0.2, -0.15) is 0 Å². The summed E-state index contributed by atoms with van der Waals surface area (Å²) in [7, 11) is 0. The highest BCUT2D eigenvalue weighted by molar-refractivity contribution is 6.04. The first kappa shape index (κ1) is 16.5. The first-order valence-corrected chi connectivity index (χ1v) is 8.33. The highest BCUT2D eigenvalue weighted by Gasteiger charge is 2.13. The fraction of sp³-hybridized carbons (Fsp3) is 0.368. The minimum absolute atomic E-state index is 0.145. The standard InChI is InChI=1S/C19H23N3O2/c1-14(2)15-3-6-17(7-4-15)21-19(23)16-5-8-18(20-13-16)22-9-11-24-12-10-22/h3-8,13-14H,9-12H2,1-2H3,(H,21,23). The van der Waals surface area contributed by atoms with Gasteiger partial charge in [0.15, 0.2) is 0 Å². The summed E-state index contributed by atoms with van der Waals surface area (Å²) in [5.41, 5.74) is 2.60. The molecule has 5 nitrogen and oxygen atoms in total. The van der Waals surface area contributed by atoms with Crippen molar-refractivity contribution in [3.63, 3.8) is 0 Å². The van der Waals surface area contributed by atoms with Gasteiger partial charge in [-0.25, -0.2) is 4.98 Å². The summed E-state index contributed by atoms with van der Waals surface area (Å²) in [5.74, 6) is 1.22. The first-order chi connectivity index (χ1) is 11.6. The number of carbonyl (C=O) groups excluding carboxylic acids is 1. The number of ether oxygens (including phenoxy) is 1. The third-order valence-electron chi connectivity index (χ3n) is 4.18. The number of pyridine rings is 1. The van der Waals surface area contributed by atoms with Crippen molar-refractivity contribution >= 4 is 17.4 Å². The molecule has 0 aliphatic carbocycles. The van der Waals surface area contributed by atoms with Crippen LogP contribution in [0.3, 0.4) is 0 Å². The topological polar surface area (TPSA) is 54.5 Å². The molecule has 1 amide bonds. The molecule has 0 saturated carbocycles. The van der Waals surface area contributed by atoms with Crippen LogP contribution in [0.1, 0.15) is 35.7 Å². The van der Waals surface area contributed by atoms with E-state index in [9.17, 15) is 4.79 Å². The number of aromatic nitrogens is 1. The van der Waals surface area contributed by atoms with E-state index >= 15 is 0 Å². The smallest absolute Gasteiger partial charge is 0.257 e. The lowest BCUT2D eigenvalue weighted by molar-refractivity contribution is 0.102. The van der Waals surface area contributed by atoms with Crippen LogP contribution in [-0.2, 0) is 4.74 Å². The van der Waals surface area contributed by atoms with Gasteiger partial charge in [0, 0.05) is 25.0 Å². The largest absolute Gasteiger partial charge is 0.378 e. The quantitative estimate of drug-likeness (QED) is 0.937. The van der Waals surface area contributed by atoms with Crippen molar-refractivity contribution in [1.82, 2.24) is 4.98 Å². The Kier molecular flexibility index (Phi) is 5.11. The Morgan fingerprint density at radius 3 is 2.42 bits per heavy atom. The van der Waals surface area contributed by atoms with Crippen LogP contribution in [-0.4, -0.2) is 37.2 Å². The van der Waals surface area contributed by atoms with E-state index in [1.807, 2.05) is 36.4 Å². The molecule has 0 spiro atoms. The van der Waals surface area contributed by atoms with Gasteiger partial charge in [0.1, 0.15) is 5.82 Å². The molecule has 2 aromatic rings. The number of morpholine rings is 1. The maximum Gasteiger partial charge on any atom is 0.257 e. The van der Waals surface area contributed by atoms with Crippen LogP contribution in [0.2, 0.25) is 0 Å². The fourth-order valence-corrected chi connectivity index (χ4v) is 2.65. The van der Waals surface area contributed by atoms with Crippen LogP contribution in [0.4, 0.5) is 11.5 Å². The number of nitrogens with one attached hydrogen (secondary N) is 1. The van der Waals surface area contributed by atoms with E-state index in [-0.39, 0.29) is 5.91 Å². The molecule has 3 rings (SSSR count). The third kappa shape index (κ3) is 3.92. The van der Waals surface area contributed by atoms with Crippen LogP contribution < -0.4 is 10.2 Å². The summed E-state index contributed by atoms with van der Waals surface area (Å²) in [6, 6.07) is 11.7. The average Bonchev–Trinajstić information content (AvgIpc) is 2.63. The molecule has 0 atom stereocenters. The van der Waals surface area contributed by atoms with E-state index in [4.69, 9.17) is 4.74 Å². The van der Waals surface area contributed by atoms with Gasteiger partial charge in [-0.1, -0.05) is 26.0 Å². The van der Waals surface area contributed by atoms with Gasteiger partial charge in [-0.05, 0) is 35.7 Å². The Morgan fingerprint density at radius 2 is 1.83 bits per heavy atom. The second-order valence-corrected chi connectivity index (χ2v) is 6.24. The van der Waals surface area contributed by atoms with Gasteiger partial charge in [0.2, 0.25) is 0 Å². The zero-order valence-electron chi connectivity index (χ0n) is 14.2. The number of hydrogen-bond acceptors (Lipinski definition) is 4. The SMILES string of the molecule is CC(C)c1ccc(NC(=O)c2ccc(N3CCOCC3)nc2)cc1. The summed E-state index contributed by atoms with van der Waals surface area (Å²) < 4.78 is 5.34. The second kappa shape index (κ2) is 7.45. The number of benzene rings is 1. The van der Waals surface area contributed by atoms with Crippen molar-refractivity contribution in [3.8, 4) is 0 Å². The molecule has 1 aromatic heterocycles. The van der Waals surface area contributed by atoms with Gasteiger partial charge in [-0.15, -0.1) is 0 Å². The predicted molar refractivity (Wildman–Crippen MR) is 95.8 cm³/mol. The molecule has 2 heterocycles. The molecular weight excluding hydrogens is 302 g/mol. The van der Waals surface area contributed by atoms with E-state index in [1.165, 1.54) is 5.56 Å². The van der Waals surface area contributed by atoms with Crippen molar-refractivity contribution in [2.75, 3.05) is 36.5 Å². The summed E-state index contributed by atoms with van der Waals surface area (Å²) >= 11 is 0. The van der Waals surface area contributed by atoms with E-state index in [0.29, 0.717) is 11.5 Å². The first-order valence-electron chi connectivity index (χ1n) is 8.33. The van der Waals surface area contributed by atoms with Gasteiger partial charge in [-0.3, -0.25) is 4.79 Å². The number of nitrogens with zero attached hydrogens (tertiary/aromatic N) is 2. The van der Waals surface area contributed by atoms with E-state index in [0.717, 1.165) is 37.8 Å². The highest BCUT2D eigenvalue weighted by Crippen LogP contribution is 2.18. The molecule has 1 N–H and O–H groups in total. The summed E-state index contributed by atoms with van der Waals surface area (Å²) in [6.07, 6.45) is 1.63. The molecule has 1 saturated heterocycles. The maximum absolute atomic E-state index is 12.3. The maximum atomic E-state index is 12.3. The number of hydrogen-bond donors (Lipinski definition) is 1. The summed E-state index contributed by atoms with van der Waals surface area (Å²) in [5, 5.41) is 2.91. The van der Waals surface area contributed by atoms with Gasteiger partial charge in [0.05, 0.1) is 18.8 Å². The molecule has 5 heteroatoms. The van der Waals surface area contributed by atoms with Crippen LogP contribution >= 0.6 is 0 Å². The van der Waals surface area contributed by atoms with Gasteiger partial charge in [0.25, 0.3) is 5.91 Å². The highest BCUT2D eigenvalue weighted by atomic mass is 16.5. The number of carbonyl (C=O) groups is 1. The van der Waals surface area contributed by atoms with Crippen molar-refractivity contribution in [2.24, 2.45) is 0 Å². The lowest BCUT2D eigenvalue weighted by atomic mass is 10.0. The van der Waals surface area contributed by atoms with E-state index in [1.54, 1.807) is 6.20 Å². The molecule has 0 unspecified atom stereocenters. The minimum atomic E-state index is -0.145. The molecule has 0 radical (unpaired) electrons. The Labute approximate surface area is 142 Å². The lowest BCUT2D eigenvalue weighted by Crippen LogP contribution is -2.36. The normalized spacial score (nSPS) is 14.7. The Hall–Kier alpha value is -2.40. The van der Waals surface area contributed by atoms with Crippen LogP contribution in [0.15, 0.2) is 42.6 Å². The van der Waals surface area contributed by atoms with Crippen LogP contribution in [0, 0.1) is 0 Å². The molecule has 1 aromatic carbocycles. The third-order valence-corrected chi connectivity index (χ3v) is 4.18. The molecule has 1 fully saturated rings. The van der Waals surface area contributed by atoms with E-state index < -0.39 is 0 Å². The number of rotatable bonds is 4. The van der Waals surface area contributed by atoms with Crippen molar-refractivity contribution in [1.29, 1.82) is 0 Å². The summed E-state index contributed by atoms with van der Waals surface area (Å²) in [6.45, 7) is 7.40. The summed E-state index contributed by atoms with van der Waals surface area (Å²) in [4.78, 5) is 18.9. The molecule has 0 bridgehead atoms. The van der Waals surface area contributed by atoms with Crippen LogP contribution in [0.25, 0.3) is 0 Å². The fourth-order valence-electron chi connectivity index (χ4n) is 2.65. The monoisotopic (exact) mass is 325 g/mol. The Balaban J connectivity index is 1.64. The minimum Gasteiger partial charge on any atom is -0.378 e. The molecule has 1 aliphatic rings. The predicted octanol–water partition coefficient (Wildman–Crippen LogP) is 3.29. The molecule has 126 valence electrons. The molecular formula is C19H23N3O2. The Morgan fingerprint density at radius 1 is 1.12 bits per heavy atom. The Bertz CT molecular complexity index is 675. The number of anilines is 2. The lowest BCUT2D eigenvalue weighted by Gasteiger charge is -2.27. The molecule has 1 aliphatic heterocycles. The van der Waals surface area contributed by atoms with Crippen molar-refractivity contribution < 1.29 is 9.53 Å². The molecule has 24 heavy (non-hydrogen) atoms. The van der Waals surface area contributed by atoms with Gasteiger partial charge >= 0.3 is 0 Å². The second-order valence-electron chi connectivity index (χ2n) is 6.24.